The number of hydrogen-bond acceptors (Lipinski definition) is 4. The van der Waals surface area contributed by atoms with Gasteiger partial charge in [-0.2, -0.15) is 0 Å². The van der Waals surface area contributed by atoms with Crippen LogP contribution < -0.4 is 14.8 Å². The fourth-order valence-corrected chi connectivity index (χ4v) is 2.56. The maximum absolute atomic E-state index is 12.5. The Morgan fingerprint density at radius 3 is 2.65 bits per heavy atom. The van der Waals surface area contributed by atoms with Gasteiger partial charge in [0, 0.05) is 24.4 Å². The highest BCUT2D eigenvalue weighted by atomic mass is 79.9. The van der Waals surface area contributed by atoms with E-state index in [0.717, 1.165) is 5.57 Å². The molecule has 2 aromatic carbocycles. The fourth-order valence-electron chi connectivity index (χ4n) is 2.07. The van der Waals surface area contributed by atoms with Crippen LogP contribution in [0.5, 0.6) is 11.5 Å². The molecule has 0 aromatic heterocycles. The van der Waals surface area contributed by atoms with E-state index in [1.165, 1.54) is 0 Å². The molecule has 26 heavy (non-hydrogen) atoms. The molecule has 0 bridgehead atoms. The Hall–Kier alpha value is -2.31. The fraction of sp³-hybridized carbons (Fsp3) is 0.250. The van der Waals surface area contributed by atoms with Crippen molar-refractivity contribution >= 4 is 27.5 Å². The van der Waals surface area contributed by atoms with E-state index < -0.39 is 0 Å². The number of anilines is 1. The maximum Gasteiger partial charge on any atom is 0.255 e. The molecule has 0 aliphatic carbocycles. The van der Waals surface area contributed by atoms with Crippen molar-refractivity contribution in [2.45, 2.75) is 6.92 Å². The summed E-state index contributed by atoms with van der Waals surface area (Å²) in [5, 5.41) is 2.86. The molecule has 2 rings (SSSR count). The highest BCUT2D eigenvalue weighted by Crippen LogP contribution is 2.26. The summed E-state index contributed by atoms with van der Waals surface area (Å²) < 4.78 is 16.8. The quantitative estimate of drug-likeness (QED) is 0.473. The number of ether oxygens (including phenoxy) is 3. The van der Waals surface area contributed by atoms with Crippen LogP contribution in [-0.4, -0.2) is 32.8 Å². The molecule has 0 spiro atoms. The number of halogens is 1. The van der Waals surface area contributed by atoms with Crippen molar-refractivity contribution in [3.8, 4) is 11.5 Å². The van der Waals surface area contributed by atoms with E-state index in [2.05, 4.69) is 27.8 Å². The number of carbonyl (C=O) groups excluding carboxylic acids is 1. The Morgan fingerprint density at radius 2 is 1.96 bits per heavy atom. The lowest BCUT2D eigenvalue weighted by atomic mass is 10.2. The Balaban J connectivity index is 2.02. The van der Waals surface area contributed by atoms with Crippen molar-refractivity contribution in [2.24, 2.45) is 0 Å². The summed E-state index contributed by atoms with van der Waals surface area (Å²) >= 11 is 3.42. The first kappa shape index (κ1) is 20.0. The zero-order valence-corrected chi connectivity index (χ0v) is 16.5. The minimum absolute atomic E-state index is 0.216. The van der Waals surface area contributed by atoms with Crippen LogP contribution in [0.4, 0.5) is 5.69 Å². The van der Waals surface area contributed by atoms with Gasteiger partial charge in [-0.15, -0.1) is 0 Å². The van der Waals surface area contributed by atoms with Gasteiger partial charge in [0.1, 0.15) is 24.7 Å². The number of hydrogen-bond donors (Lipinski definition) is 1. The van der Waals surface area contributed by atoms with Crippen molar-refractivity contribution in [3.63, 3.8) is 0 Å². The number of benzene rings is 2. The second kappa shape index (κ2) is 9.99. The minimum Gasteiger partial charge on any atom is -0.490 e. The molecule has 2 aromatic rings. The van der Waals surface area contributed by atoms with Gasteiger partial charge in [0.05, 0.1) is 11.1 Å². The molecule has 0 unspecified atom stereocenters. The highest BCUT2D eigenvalue weighted by molar-refractivity contribution is 9.10. The molecule has 0 saturated carbocycles. The molecule has 0 aliphatic heterocycles. The smallest absolute Gasteiger partial charge is 0.255 e. The van der Waals surface area contributed by atoms with Gasteiger partial charge in [-0.05, 0) is 58.8 Å². The largest absolute Gasteiger partial charge is 0.490 e. The van der Waals surface area contributed by atoms with E-state index in [1.54, 1.807) is 31.4 Å². The highest BCUT2D eigenvalue weighted by Gasteiger charge is 2.10. The van der Waals surface area contributed by atoms with Gasteiger partial charge in [0.2, 0.25) is 0 Å². The monoisotopic (exact) mass is 419 g/mol. The van der Waals surface area contributed by atoms with E-state index in [1.807, 2.05) is 25.1 Å². The molecule has 0 saturated heterocycles. The predicted octanol–water partition coefficient (Wildman–Crippen LogP) is 4.68. The number of nitrogens with one attached hydrogen (secondary N) is 1. The molecule has 0 fully saturated rings. The first-order valence-electron chi connectivity index (χ1n) is 8.09. The van der Waals surface area contributed by atoms with E-state index >= 15 is 0 Å². The first-order chi connectivity index (χ1) is 12.5. The summed E-state index contributed by atoms with van der Waals surface area (Å²) in [6.45, 7) is 7.08. The summed E-state index contributed by atoms with van der Waals surface area (Å²) in [4.78, 5) is 12.5. The van der Waals surface area contributed by atoms with Gasteiger partial charge in [-0.1, -0.05) is 12.6 Å². The van der Waals surface area contributed by atoms with Crippen LogP contribution in [0.2, 0.25) is 0 Å². The zero-order valence-electron chi connectivity index (χ0n) is 14.9. The Labute approximate surface area is 162 Å². The van der Waals surface area contributed by atoms with Crippen LogP contribution in [0.15, 0.2) is 59.1 Å². The number of amides is 1. The second-order valence-corrected chi connectivity index (χ2v) is 6.57. The third kappa shape index (κ3) is 6.20. The van der Waals surface area contributed by atoms with E-state index in [0.29, 0.717) is 47.0 Å². The summed E-state index contributed by atoms with van der Waals surface area (Å²) in [6.07, 6.45) is 0. The third-order valence-corrected chi connectivity index (χ3v) is 3.94. The van der Waals surface area contributed by atoms with Crippen molar-refractivity contribution in [1.29, 1.82) is 0 Å². The summed E-state index contributed by atoms with van der Waals surface area (Å²) in [6, 6.07) is 12.4. The van der Waals surface area contributed by atoms with Gasteiger partial charge in [-0.25, -0.2) is 0 Å². The molecule has 0 atom stereocenters. The van der Waals surface area contributed by atoms with Crippen LogP contribution in [0, 0.1) is 0 Å². The molecule has 138 valence electrons. The normalized spacial score (nSPS) is 10.3. The second-order valence-electron chi connectivity index (χ2n) is 5.71. The van der Waals surface area contributed by atoms with Gasteiger partial charge in [-0.3, -0.25) is 4.79 Å². The summed E-state index contributed by atoms with van der Waals surface area (Å²) in [5.74, 6) is 1.12. The Bertz CT molecular complexity index is 776. The number of rotatable bonds is 9. The Kier molecular flexibility index (Phi) is 7.69. The molecule has 5 nitrogen and oxygen atoms in total. The lowest BCUT2D eigenvalue weighted by Crippen LogP contribution is -2.12. The van der Waals surface area contributed by atoms with Gasteiger partial charge < -0.3 is 19.5 Å². The first-order valence-corrected chi connectivity index (χ1v) is 8.89. The predicted molar refractivity (Wildman–Crippen MR) is 106 cm³/mol. The average Bonchev–Trinajstić information content (AvgIpc) is 2.61. The number of methoxy groups -OCH3 is 1. The Morgan fingerprint density at radius 1 is 1.15 bits per heavy atom. The lowest BCUT2D eigenvalue weighted by molar-refractivity contribution is 0.102. The average molecular weight is 420 g/mol. The minimum atomic E-state index is -0.216. The molecule has 6 heteroatoms. The molecule has 0 radical (unpaired) electrons. The molecular weight excluding hydrogens is 398 g/mol. The molecule has 0 aliphatic rings. The standard InChI is InChI=1S/C20H22BrNO4/c1-14(2)13-26-17-6-4-5-16(12-17)22-20(23)15-7-8-19(18(21)11-15)25-10-9-24-3/h4-8,11-12H,1,9-10,13H2,2-3H3,(H,22,23). The van der Waals surface area contributed by atoms with Crippen molar-refractivity contribution in [3.05, 3.63) is 64.7 Å². The molecule has 1 amide bonds. The third-order valence-electron chi connectivity index (χ3n) is 3.32. The van der Waals surface area contributed by atoms with E-state index in [4.69, 9.17) is 14.2 Å². The van der Waals surface area contributed by atoms with E-state index in [9.17, 15) is 4.79 Å². The van der Waals surface area contributed by atoms with Gasteiger partial charge in [0.15, 0.2) is 0 Å². The van der Waals surface area contributed by atoms with Crippen LogP contribution >= 0.6 is 15.9 Å². The van der Waals surface area contributed by atoms with Crippen LogP contribution in [0.3, 0.4) is 0 Å². The SMILES string of the molecule is C=C(C)COc1cccc(NC(=O)c2ccc(OCCOC)c(Br)c2)c1. The summed E-state index contributed by atoms with van der Waals surface area (Å²) in [7, 11) is 1.62. The van der Waals surface area contributed by atoms with Crippen molar-refractivity contribution in [1.82, 2.24) is 0 Å². The van der Waals surface area contributed by atoms with Crippen LogP contribution in [0.25, 0.3) is 0 Å². The summed E-state index contributed by atoms with van der Waals surface area (Å²) in [5.41, 5.74) is 2.10. The van der Waals surface area contributed by atoms with Crippen molar-refractivity contribution < 1.29 is 19.0 Å². The zero-order chi connectivity index (χ0) is 18.9. The number of carbonyl (C=O) groups is 1. The lowest BCUT2D eigenvalue weighted by Gasteiger charge is -2.11. The van der Waals surface area contributed by atoms with E-state index in [-0.39, 0.29) is 5.91 Å². The molecule has 0 heterocycles. The van der Waals surface area contributed by atoms with Crippen molar-refractivity contribution in [2.75, 3.05) is 32.2 Å². The maximum atomic E-state index is 12.5. The topological polar surface area (TPSA) is 56.8 Å². The van der Waals surface area contributed by atoms with Crippen LogP contribution in [0.1, 0.15) is 17.3 Å². The van der Waals surface area contributed by atoms with Gasteiger partial charge >= 0.3 is 0 Å². The molecule has 1 N–H and O–H groups in total. The van der Waals surface area contributed by atoms with Crippen LogP contribution in [-0.2, 0) is 4.74 Å². The van der Waals surface area contributed by atoms with Gasteiger partial charge in [0.25, 0.3) is 5.91 Å². The molecular formula is C20H22BrNO4.